The summed E-state index contributed by atoms with van der Waals surface area (Å²) in [6.45, 7) is 5.36. The van der Waals surface area contributed by atoms with E-state index in [9.17, 15) is 9.59 Å². The SMILES string of the molecule is CCCCCCN1C(=O)C(c2ccccc2OC)=C(N2CCN(c3ccccn3)CC2)C1=O. The summed E-state index contributed by atoms with van der Waals surface area (Å²) in [6.07, 6.45) is 5.84. The van der Waals surface area contributed by atoms with Crippen molar-refractivity contribution in [1.82, 2.24) is 14.8 Å². The Labute approximate surface area is 195 Å². The molecule has 0 atom stereocenters. The molecule has 2 aliphatic heterocycles. The second-order valence-electron chi connectivity index (χ2n) is 8.41. The normalized spacial score (nSPS) is 16.7. The minimum atomic E-state index is -0.219. The van der Waals surface area contributed by atoms with Crippen LogP contribution in [0.15, 0.2) is 54.4 Å². The van der Waals surface area contributed by atoms with E-state index < -0.39 is 0 Å². The van der Waals surface area contributed by atoms with Gasteiger partial charge in [0.1, 0.15) is 17.3 Å². The molecule has 0 N–H and O–H groups in total. The highest BCUT2D eigenvalue weighted by Crippen LogP contribution is 2.36. The van der Waals surface area contributed by atoms with Gasteiger partial charge in [-0.05, 0) is 24.6 Å². The number of nitrogens with zero attached hydrogens (tertiary/aromatic N) is 4. The summed E-state index contributed by atoms with van der Waals surface area (Å²) in [5.41, 5.74) is 1.64. The zero-order valence-corrected chi connectivity index (χ0v) is 19.5. The number of imide groups is 1. The second kappa shape index (κ2) is 10.5. The van der Waals surface area contributed by atoms with Gasteiger partial charge in [0.2, 0.25) is 0 Å². The Balaban J connectivity index is 1.62. The molecule has 2 aliphatic rings. The van der Waals surface area contributed by atoms with Gasteiger partial charge in [-0.2, -0.15) is 0 Å². The van der Waals surface area contributed by atoms with Gasteiger partial charge in [0.05, 0.1) is 12.7 Å². The highest BCUT2D eigenvalue weighted by Gasteiger charge is 2.42. The Kier molecular flexibility index (Phi) is 7.27. The highest BCUT2D eigenvalue weighted by molar-refractivity contribution is 6.36. The van der Waals surface area contributed by atoms with E-state index in [1.807, 2.05) is 42.5 Å². The molecule has 1 aromatic heterocycles. The number of amides is 2. The van der Waals surface area contributed by atoms with Gasteiger partial charge in [-0.15, -0.1) is 0 Å². The molecule has 7 heteroatoms. The number of methoxy groups -OCH3 is 1. The summed E-state index contributed by atoms with van der Waals surface area (Å²) >= 11 is 0. The maximum absolute atomic E-state index is 13.6. The standard InChI is InChI=1S/C26H32N4O3/c1-3-4-5-10-15-30-25(31)23(20-11-6-7-12-21(20)33-2)24(26(30)32)29-18-16-28(17-19-29)22-13-8-9-14-27-22/h6-9,11-14H,3-5,10,15-19H2,1-2H3. The number of piperazine rings is 1. The topological polar surface area (TPSA) is 66.0 Å². The Hall–Kier alpha value is -3.35. The summed E-state index contributed by atoms with van der Waals surface area (Å²) in [6, 6.07) is 13.3. The molecule has 2 amide bonds. The third-order valence-electron chi connectivity index (χ3n) is 6.32. The lowest BCUT2D eigenvalue weighted by Crippen LogP contribution is -2.48. The van der Waals surface area contributed by atoms with Crippen LogP contribution in [0.3, 0.4) is 0 Å². The number of anilines is 1. The first-order chi connectivity index (χ1) is 16.2. The molecule has 3 heterocycles. The summed E-state index contributed by atoms with van der Waals surface area (Å²) in [5, 5.41) is 0. The van der Waals surface area contributed by atoms with Crippen molar-refractivity contribution >= 4 is 23.2 Å². The first kappa shape index (κ1) is 22.8. The number of carbonyl (C=O) groups excluding carboxylic acids is 2. The Morgan fingerprint density at radius 2 is 1.61 bits per heavy atom. The van der Waals surface area contributed by atoms with Gasteiger partial charge in [0.25, 0.3) is 11.8 Å². The minimum absolute atomic E-state index is 0.191. The van der Waals surface area contributed by atoms with Crippen LogP contribution in [0.1, 0.15) is 38.2 Å². The quantitative estimate of drug-likeness (QED) is 0.432. The largest absolute Gasteiger partial charge is 0.496 e. The lowest BCUT2D eigenvalue weighted by Gasteiger charge is -2.37. The zero-order valence-electron chi connectivity index (χ0n) is 19.5. The number of aromatic nitrogens is 1. The first-order valence-electron chi connectivity index (χ1n) is 11.8. The number of para-hydroxylation sites is 1. The molecule has 0 aliphatic carbocycles. The van der Waals surface area contributed by atoms with E-state index in [1.54, 1.807) is 13.3 Å². The smallest absolute Gasteiger partial charge is 0.277 e. The molecule has 0 unspecified atom stereocenters. The van der Waals surface area contributed by atoms with Crippen LogP contribution in [0.2, 0.25) is 0 Å². The molecule has 174 valence electrons. The molecule has 0 bridgehead atoms. The number of hydrogen-bond donors (Lipinski definition) is 0. The van der Waals surface area contributed by atoms with Crippen LogP contribution < -0.4 is 9.64 Å². The van der Waals surface area contributed by atoms with Gasteiger partial charge in [-0.3, -0.25) is 14.5 Å². The van der Waals surface area contributed by atoms with E-state index >= 15 is 0 Å². The van der Waals surface area contributed by atoms with E-state index in [0.29, 0.717) is 42.2 Å². The van der Waals surface area contributed by atoms with Crippen molar-refractivity contribution in [2.24, 2.45) is 0 Å². The third kappa shape index (κ3) is 4.72. The number of rotatable bonds is 9. The Morgan fingerprint density at radius 1 is 0.879 bits per heavy atom. The highest BCUT2D eigenvalue weighted by atomic mass is 16.5. The van der Waals surface area contributed by atoms with Crippen LogP contribution in [0.4, 0.5) is 5.82 Å². The number of unbranched alkanes of at least 4 members (excludes halogenated alkanes) is 3. The van der Waals surface area contributed by atoms with Gasteiger partial charge >= 0.3 is 0 Å². The average molecular weight is 449 g/mol. The van der Waals surface area contributed by atoms with Crippen LogP contribution in [-0.4, -0.2) is 66.4 Å². The predicted molar refractivity (Wildman–Crippen MR) is 129 cm³/mol. The molecule has 1 saturated heterocycles. The molecule has 33 heavy (non-hydrogen) atoms. The van der Waals surface area contributed by atoms with Gasteiger partial charge in [0, 0.05) is 44.5 Å². The average Bonchev–Trinajstić information content (AvgIpc) is 3.11. The van der Waals surface area contributed by atoms with Crippen LogP contribution in [0.5, 0.6) is 5.75 Å². The zero-order chi connectivity index (χ0) is 23.2. The second-order valence-corrected chi connectivity index (χ2v) is 8.41. The molecule has 2 aromatic rings. The first-order valence-corrected chi connectivity index (χ1v) is 11.8. The number of ether oxygens (including phenoxy) is 1. The van der Waals surface area contributed by atoms with E-state index in [-0.39, 0.29) is 11.8 Å². The maximum atomic E-state index is 13.6. The molecule has 1 fully saturated rings. The fraction of sp³-hybridized carbons (Fsp3) is 0.423. The minimum Gasteiger partial charge on any atom is -0.496 e. The molecule has 0 radical (unpaired) electrons. The van der Waals surface area contributed by atoms with Gasteiger partial charge < -0.3 is 14.5 Å². The van der Waals surface area contributed by atoms with E-state index in [2.05, 4.69) is 21.7 Å². The molecule has 0 saturated carbocycles. The summed E-state index contributed by atoms with van der Waals surface area (Å²) in [4.78, 5) is 37.2. The molecule has 7 nitrogen and oxygen atoms in total. The van der Waals surface area contributed by atoms with Crippen molar-refractivity contribution < 1.29 is 14.3 Å². The lowest BCUT2D eigenvalue weighted by atomic mass is 10.0. The number of benzene rings is 1. The molecule has 4 rings (SSSR count). The maximum Gasteiger partial charge on any atom is 0.277 e. The molecular weight excluding hydrogens is 416 g/mol. The molecule has 0 spiro atoms. The summed E-state index contributed by atoms with van der Waals surface area (Å²) in [7, 11) is 1.59. The van der Waals surface area contributed by atoms with Gasteiger partial charge in [-0.1, -0.05) is 50.5 Å². The van der Waals surface area contributed by atoms with Crippen molar-refractivity contribution in [3.63, 3.8) is 0 Å². The van der Waals surface area contributed by atoms with Crippen LogP contribution in [-0.2, 0) is 9.59 Å². The monoisotopic (exact) mass is 448 g/mol. The predicted octanol–water partition coefficient (Wildman–Crippen LogP) is 3.57. The van der Waals surface area contributed by atoms with Crippen LogP contribution >= 0.6 is 0 Å². The van der Waals surface area contributed by atoms with Crippen molar-refractivity contribution in [2.45, 2.75) is 32.6 Å². The summed E-state index contributed by atoms with van der Waals surface area (Å²) in [5.74, 6) is 1.13. The van der Waals surface area contributed by atoms with Gasteiger partial charge in [0.15, 0.2) is 0 Å². The number of hydrogen-bond acceptors (Lipinski definition) is 6. The lowest BCUT2D eigenvalue weighted by molar-refractivity contribution is -0.137. The van der Waals surface area contributed by atoms with Crippen LogP contribution in [0, 0.1) is 0 Å². The van der Waals surface area contributed by atoms with Crippen molar-refractivity contribution in [3.8, 4) is 5.75 Å². The molecule has 1 aromatic carbocycles. The van der Waals surface area contributed by atoms with E-state index in [4.69, 9.17) is 4.74 Å². The summed E-state index contributed by atoms with van der Waals surface area (Å²) < 4.78 is 5.55. The van der Waals surface area contributed by atoms with E-state index in [1.165, 1.54) is 4.90 Å². The van der Waals surface area contributed by atoms with Gasteiger partial charge in [-0.25, -0.2) is 4.98 Å². The third-order valence-corrected chi connectivity index (χ3v) is 6.32. The van der Waals surface area contributed by atoms with E-state index in [0.717, 1.165) is 44.6 Å². The fourth-order valence-electron chi connectivity index (χ4n) is 4.55. The Morgan fingerprint density at radius 3 is 2.30 bits per heavy atom. The number of carbonyl (C=O) groups is 2. The van der Waals surface area contributed by atoms with Crippen LogP contribution in [0.25, 0.3) is 5.57 Å². The van der Waals surface area contributed by atoms with Crippen molar-refractivity contribution in [1.29, 1.82) is 0 Å². The number of pyridine rings is 1. The fourth-order valence-corrected chi connectivity index (χ4v) is 4.55. The van der Waals surface area contributed by atoms with Crippen molar-refractivity contribution in [2.75, 3.05) is 44.7 Å². The Bertz CT molecular complexity index is 1010. The molecular formula is C26H32N4O3. The van der Waals surface area contributed by atoms with Crippen molar-refractivity contribution in [3.05, 3.63) is 59.9 Å².